The lowest BCUT2D eigenvalue weighted by molar-refractivity contribution is -0.140. The molecule has 25 heavy (non-hydrogen) atoms. The van der Waals surface area contributed by atoms with E-state index in [-0.39, 0.29) is 23.6 Å². The highest BCUT2D eigenvalue weighted by Gasteiger charge is 2.15. The van der Waals surface area contributed by atoms with Gasteiger partial charge in [-0.15, -0.1) is 10.2 Å². The molecule has 0 aliphatic rings. The van der Waals surface area contributed by atoms with Gasteiger partial charge in [-0.2, -0.15) is 0 Å². The maximum Gasteiger partial charge on any atom is 0.325 e. The normalized spacial score (nSPS) is 11.2. The van der Waals surface area contributed by atoms with Gasteiger partial charge in [-0.05, 0) is 23.1 Å². The van der Waals surface area contributed by atoms with Gasteiger partial charge in [0.2, 0.25) is 11.8 Å². The Morgan fingerprint density at radius 2 is 1.88 bits per heavy atom. The molecule has 0 atom stereocenters. The van der Waals surface area contributed by atoms with Crippen LogP contribution in [0.25, 0.3) is 11.5 Å². The van der Waals surface area contributed by atoms with Crippen LogP contribution >= 0.6 is 11.8 Å². The largest absolute Gasteiger partial charge is 0.468 e. The molecule has 0 spiro atoms. The quantitative estimate of drug-likeness (QED) is 0.622. The van der Waals surface area contributed by atoms with E-state index in [1.807, 2.05) is 24.3 Å². The van der Waals surface area contributed by atoms with Crippen LogP contribution in [0.4, 0.5) is 0 Å². The Balaban J connectivity index is 1.91. The minimum Gasteiger partial charge on any atom is -0.468 e. The summed E-state index contributed by atoms with van der Waals surface area (Å²) in [4.78, 5) is 22.6. The summed E-state index contributed by atoms with van der Waals surface area (Å²) in [5, 5.41) is 10.7. The molecule has 0 aliphatic carbocycles. The maximum absolute atomic E-state index is 11.6. The first kappa shape index (κ1) is 19.0. The van der Waals surface area contributed by atoms with Crippen molar-refractivity contribution >= 4 is 23.6 Å². The van der Waals surface area contributed by atoms with E-state index in [0.29, 0.717) is 11.1 Å². The second-order valence-corrected chi connectivity index (χ2v) is 7.27. The number of nitrogens with zero attached hydrogens (tertiary/aromatic N) is 2. The third kappa shape index (κ3) is 5.60. The fourth-order valence-corrected chi connectivity index (χ4v) is 2.51. The van der Waals surface area contributed by atoms with Gasteiger partial charge in [0, 0.05) is 5.56 Å². The molecule has 0 aliphatic heterocycles. The highest BCUT2D eigenvalue weighted by molar-refractivity contribution is 7.99. The molecule has 0 saturated heterocycles. The van der Waals surface area contributed by atoms with Crippen molar-refractivity contribution < 1.29 is 18.7 Å². The third-order valence-corrected chi connectivity index (χ3v) is 4.21. The zero-order valence-electron chi connectivity index (χ0n) is 14.7. The number of rotatable bonds is 6. The molecular formula is C17H21N3O4S. The first-order chi connectivity index (χ1) is 11.8. The summed E-state index contributed by atoms with van der Waals surface area (Å²) in [6, 6.07) is 7.94. The van der Waals surface area contributed by atoms with Gasteiger partial charge in [0.05, 0.1) is 12.9 Å². The van der Waals surface area contributed by atoms with Crippen molar-refractivity contribution in [2.45, 2.75) is 31.4 Å². The fraction of sp³-hybridized carbons (Fsp3) is 0.412. The van der Waals surface area contributed by atoms with Crippen LogP contribution in [0, 0.1) is 0 Å². The molecule has 1 amide bonds. The van der Waals surface area contributed by atoms with Gasteiger partial charge >= 0.3 is 5.97 Å². The molecule has 1 aromatic carbocycles. The number of esters is 1. The minimum atomic E-state index is -0.503. The lowest BCUT2D eigenvalue weighted by atomic mass is 9.87. The van der Waals surface area contributed by atoms with E-state index in [9.17, 15) is 9.59 Å². The first-order valence-electron chi connectivity index (χ1n) is 7.70. The van der Waals surface area contributed by atoms with Crippen LogP contribution < -0.4 is 5.32 Å². The predicted molar refractivity (Wildman–Crippen MR) is 94.2 cm³/mol. The third-order valence-electron chi connectivity index (χ3n) is 3.39. The van der Waals surface area contributed by atoms with E-state index in [2.05, 4.69) is 41.0 Å². The summed E-state index contributed by atoms with van der Waals surface area (Å²) in [7, 11) is 1.26. The van der Waals surface area contributed by atoms with Crippen molar-refractivity contribution in [2.24, 2.45) is 0 Å². The lowest BCUT2D eigenvalue weighted by Gasteiger charge is -2.18. The number of thioether (sulfide) groups is 1. The average molecular weight is 363 g/mol. The van der Waals surface area contributed by atoms with Crippen LogP contribution in [0.1, 0.15) is 26.3 Å². The first-order valence-corrected chi connectivity index (χ1v) is 8.69. The predicted octanol–water partition coefficient (Wildman–Crippen LogP) is 2.42. The molecule has 0 fully saturated rings. The van der Waals surface area contributed by atoms with E-state index < -0.39 is 5.97 Å². The Labute approximate surface area is 150 Å². The Bertz CT molecular complexity index is 735. The summed E-state index contributed by atoms with van der Waals surface area (Å²) in [5.41, 5.74) is 2.11. The number of carbonyl (C=O) groups excluding carboxylic acids is 2. The van der Waals surface area contributed by atoms with Crippen molar-refractivity contribution in [1.29, 1.82) is 0 Å². The molecule has 1 aromatic heterocycles. The van der Waals surface area contributed by atoms with Crippen LogP contribution in [0.3, 0.4) is 0 Å². The summed E-state index contributed by atoms with van der Waals surface area (Å²) >= 11 is 1.11. The summed E-state index contributed by atoms with van der Waals surface area (Å²) in [6.07, 6.45) is 0. The van der Waals surface area contributed by atoms with Gasteiger partial charge in [-0.1, -0.05) is 44.7 Å². The summed E-state index contributed by atoms with van der Waals surface area (Å²) < 4.78 is 10.0. The van der Waals surface area contributed by atoms with Crippen molar-refractivity contribution in [3.05, 3.63) is 29.8 Å². The molecule has 7 nitrogen and oxygen atoms in total. The van der Waals surface area contributed by atoms with Gasteiger partial charge in [-0.25, -0.2) is 0 Å². The van der Waals surface area contributed by atoms with Gasteiger partial charge < -0.3 is 14.5 Å². The molecule has 0 unspecified atom stereocenters. The van der Waals surface area contributed by atoms with E-state index in [4.69, 9.17) is 4.42 Å². The van der Waals surface area contributed by atoms with Crippen LogP contribution in [-0.4, -0.2) is 41.5 Å². The van der Waals surface area contributed by atoms with Crippen molar-refractivity contribution in [3.63, 3.8) is 0 Å². The number of aromatic nitrogens is 2. The maximum atomic E-state index is 11.6. The number of carbonyl (C=O) groups is 2. The van der Waals surface area contributed by atoms with Gasteiger partial charge in [0.15, 0.2) is 0 Å². The Kier molecular flexibility index (Phi) is 6.19. The van der Waals surface area contributed by atoms with E-state index in [1.165, 1.54) is 12.7 Å². The molecular weight excluding hydrogens is 342 g/mol. The standard InChI is InChI=1S/C17H21N3O4S/c1-17(2,3)12-7-5-11(6-8-12)15-19-20-16(24-15)25-10-13(21)18-9-14(22)23-4/h5-8H,9-10H2,1-4H3,(H,18,21). The zero-order valence-corrected chi connectivity index (χ0v) is 15.5. The summed E-state index contributed by atoms with van der Waals surface area (Å²) in [6.45, 7) is 6.28. The Hall–Kier alpha value is -2.35. The minimum absolute atomic E-state index is 0.0710. The van der Waals surface area contributed by atoms with Crippen LogP contribution in [-0.2, 0) is 19.7 Å². The number of ether oxygens (including phenoxy) is 1. The number of hydrogen-bond donors (Lipinski definition) is 1. The number of benzene rings is 1. The van der Waals surface area contributed by atoms with Crippen molar-refractivity contribution in [1.82, 2.24) is 15.5 Å². The molecule has 0 saturated carbocycles. The van der Waals surface area contributed by atoms with Crippen LogP contribution in [0.5, 0.6) is 0 Å². The highest BCUT2D eigenvalue weighted by atomic mass is 32.2. The number of amides is 1. The molecule has 8 heteroatoms. The zero-order chi connectivity index (χ0) is 18.4. The second kappa shape index (κ2) is 8.15. The topological polar surface area (TPSA) is 94.3 Å². The molecule has 1 heterocycles. The monoisotopic (exact) mass is 363 g/mol. The number of nitrogens with one attached hydrogen (secondary N) is 1. The highest BCUT2D eigenvalue weighted by Crippen LogP contribution is 2.27. The number of hydrogen-bond acceptors (Lipinski definition) is 7. The molecule has 2 aromatic rings. The lowest BCUT2D eigenvalue weighted by Crippen LogP contribution is -2.31. The van der Waals surface area contributed by atoms with Crippen LogP contribution in [0.15, 0.2) is 33.9 Å². The molecule has 1 N–H and O–H groups in total. The van der Waals surface area contributed by atoms with E-state index in [0.717, 1.165) is 17.3 Å². The Morgan fingerprint density at radius 3 is 2.48 bits per heavy atom. The van der Waals surface area contributed by atoms with E-state index in [1.54, 1.807) is 0 Å². The fourth-order valence-electron chi connectivity index (χ4n) is 1.92. The molecule has 2 rings (SSSR count). The van der Waals surface area contributed by atoms with Gasteiger partial charge in [-0.3, -0.25) is 9.59 Å². The second-order valence-electron chi connectivity index (χ2n) is 6.34. The SMILES string of the molecule is COC(=O)CNC(=O)CSc1nnc(-c2ccc(C(C)(C)C)cc2)o1. The van der Waals surface area contributed by atoms with E-state index >= 15 is 0 Å². The van der Waals surface area contributed by atoms with Gasteiger partial charge in [0.1, 0.15) is 6.54 Å². The smallest absolute Gasteiger partial charge is 0.325 e. The van der Waals surface area contributed by atoms with Gasteiger partial charge in [0.25, 0.3) is 5.22 Å². The van der Waals surface area contributed by atoms with Crippen molar-refractivity contribution in [2.75, 3.05) is 19.4 Å². The Morgan fingerprint density at radius 1 is 1.20 bits per heavy atom. The van der Waals surface area contributed by atoms with Crippen molar-refractivity contribution in [3.8, 4) is 11.5 Å². The molecule has 134 valence electrons. The van der Waals surface area contributed by atoms with Crippen LogP contribution in [0.2, 0.25) is 0 Å². The molecule has 0 bridgehead atoms. The molecule has 0 radical (unpaired) electrons. The average Bonchev–Trinajstić information content (AvgIpc) is 3.06. The number of methoxy groups -OCH3 is 1. The summed E-state index contributed by atoms with van der Waals surface area (Å²) in [5.74, 6) is -0.346.